The van der Waals surface area contributed by atoms with Crippen molar-refractivity contribution in [2.45, 2.75) is 70.5 Å². The number of carboxylic acids is 1. The van der Waals surface area contributed by atoms with Crippen molar-refractivity contribution >= 4 is 17.6 Å². The first-order valence-electron chi connectivity index (χ1n) is 8.15. The van der Waals surface area contributed by atoms with Gasteiger partial charge < -0.3 is 5.11 Å². The molecule has 0 bridgehead atoms. The fraction of sp³-hybridized carbons (Fsp3) is 0.923. The molecule has 0 aliphatic rings. The highest BCUT2D eigenvalue weighted by Crippen LogP contribution is 2.67. The molecule has 0 unspecified atom stereocenters. The maximum absolute atomic E-state index is 13.5. The predicted molar refractivity (Wildman–Crippen MR) is 72.9 cm³/mol. The number of rotatable bonds is 12. The van der Waals surface area contributed by atoms with Crippen LogP contribution in [0.25, 0.3) is 0 Å². The Morgan fingerprint density at radius 3 is 0.650 bits per heavy atom. The van der Waals surface area contributed by atoms with Crippen molar-refractivity contribution in [2.75, 3.05) is 0 Å². The molecule has 27 heteroatoms. The van der Waals surface area contributed by atoms with Crippen LogP contribution in [0.3, 0.4) is 0 Å². The Morgan fingerprint density at radius 2 is 0.500 bits per heavy atom. The summed E-state index contributed by atoms with van der Waals surface area (Å²) in [6.45, 7) is 0. The van der Waals surface area contributed by atoms with E-state index in [1.54, 1.807) is 0 Å². The first kappa shape index (κ1) is 38.1. The monoisotopic (exact) mass is 680 g/mol. The first-order valence-corrected chi connectivity index (χ1v) is 8.53. The Morgan fingerprint density at radius 1 is 0.350 bits per heavy atom. The van der Waals surface area contributed by atoms with Crippen molar-refractivity contribution in [2.24, 2.45) is 0 Å². The van der Waals surface area contributed by atoms with E-state index < -0.39 is 76.5 Å². The predicted octanol–water partition coefficient (Wildman–Crippen LogP) is 7.89. The minimum atomic E-state index is -9.62. The number of aliphatic carboxylic acids is 1. The Labute approximate surface area is 204 Å². The average Bonchev–Trinajstić information content (AvgIpc) is 2.71. The van der Waals surface area contributed by atoms with Crippen LogP contribution >= 0.6 is 11.6 Å². The molecule has 1 N–H and O–H groups in total. The van der Waals surface area contributed by atoms with Gasteiger partial charge in [-0.3, -0.25) is 0 Å². The standard InChI is InChI=1S/C13HClF24O2/c14-13(37,38)12(35,36)11(33,34)10(31,32)9(29,30)8(27,28)7(25,26)6(23,24)5(21,22)4(19,20)3(17,18)2(15,16)1(39)40/h(H,39,40). The molecule has 0 fully saturated rings. The molecule has 0 spiro atoms. The second-order valence-corrected chi connectivity index (χ2v) is 7.60. The lowest BCUT2D eigenvalue weighted by Crippen LogP contribution is -2.78. The lowest BCUT2D eigenvalue weighted by Gasteiger charge is -2.45. The zero-order chi connectivity index (χ0) is 33.6. The van der Waals surface area contributed by atoms with E-state index in [0.29, 0.717) is 0 Å². The van der Waals surface area contributed by atoms with Gasteiger partial charge in [-0.1, -0.05) is 0 Å². The van der Waals surface area contributed by atoms with E-state index in [0.717, 1.165) is 0 Å². The maximum Gasteiger partial charge on any atom is 0.410 e. The molecule has 2 nitrogen and oxygen atoms in total. The summed E-state index contributed by atoms with van der Waals surface area (Å²) >= 11 is 3.20. The third kappa shape index (κ3) is 4.18. The summed E-state index contributed by atoms with van der Waals surface area (Å²) in [6.07, 6.45) is 0. The van der Waals surface area contributed by atoms with E-state index in [1.165, 1.54) is 0 Å². The molecule has 0 saturated carbocycles. The average molecular weight is 681 g/mol. The van der Waals surface area contributed by atoms with Gasteiger partial charge in [-0.2, -0.15) is 105 Å². The minimum absolute atomic E-state index is 3.20. The summed E-state index contributed by atoms with van der Waals surface area (Å²) in [5.74, 6) is -104. The molecule has 0 radical (unpaired) electrons. The molecule has 0 saturated heterocycles. The van der Waals surface area contributed by atoms with Crippen LogP contribution in [0, 0.1) is 0 Å². The van der Waals surface area contributed by atoms with Gasteiger partial charge in [0.25, 0.3) is 0 Å². The summed E-state index contributed by atoms with van der Waals surface area (Å²) in [6, 6.07) is 0. The van der Waals surface area contributed by atoms with Crippen molar-refractivity contribution in [1.29, 1.82) is 0 Å². The first-order chi connectivity index (χ1) is 16.7. The summed E-state index contributed by atoms with van der Waals surface area (Å²) in [5, 5.41) is 0.423. The van der Waals surface area contributed by atoms with Crippen LogP contribution < -0.4 is 0 Å². The SMILES string of the molecule is O=C(O)C(F)(F)C(F)(F)C(F)(F)C(F)(F)C(F)(F)C(F)(F)C(F)(F)C(F)(F)C(F)(F)C(F)(F)C(F)(F)C(F)(F)Cl. The van der Waals surface area contributed by atoms with Gasteiger partial charge in [0, 0.05) is 0 Å². The van der Waals surface area contributed by atoms with E-state index >= 15 is 0 Å². The molecule has 40 heavy (non-hydrogen) atoms. The highest BCUT2D eigenvalue weighted by molar-refractivity contribution is 6.22. The van der Waals surface area contributed by atoms with Crippen LogP contribution in [0.15, 0.2) is 0 Å². The van der Waals surface area contributed by atoms with Gasteiger partial charge in [0.15, 0.2) is 0 Å². The van der Waals surface area contributed by atoms with E-state index in [9.17, 15) is 110 Å². The molecular formula is C13HClF24O2. The second kappa shape index (κ2) is 9.04. The second-order valence-electron chi connectivity index (χ2n) is 7.12. The van der Waals surface area contributed by atoms with Crippen molar-refractivity contribution in [3.05, 3.63) is 0 Å². The Kier molecular flexibility index (Phi) is 8.60. The smallest absolute Gasteiger partial charge is 0.410 e. The maximum atomic E-state index is 13.5. The fourth-order valence-electron chi connectivity index (χ4n) is 2.09. The fourth-order valence-corrected chi connectivity index (χ4v) is 2.21. The van der Waals surface area contributed by atoms with Crippen LogP contribution in [0.2, 0.25) is 0 Å². The van der Waals surface area contributed by atoms with Crippen molar-refractivity contribution < 1.29 is 115 Å². The number of hydrogen-bond donors (Lipinski definition) is 1. The molecule has 0 aromatic heterocycles. The van der Waals surface area contributed by atoms with E-state index in [4.69, 9.17) is 5.11 Å². The third-order valence-electron chi connectivity index (χ3n) is 4.57. The van der Waals surface area contributed by atoms with Gasteiger partial charge >= 0.3 is 76.5 Å². The van der Waals surface area contributed by atoms with Crippen LogP contribution in [-0.4, -0.2) is 81.6 Å². The zero-order valence-electron chi connectivity index (χ0n) is 16.8. The molecule has 0 heterocycles. The van der Waals surface area contributed by atoms with Gasteiger partial charge in [-0.05, 0) is 11.6 Å². The number of halogens is 25. The highest BCUT2D eigenvalue weighted by atomic mass is 35.5. The van der Waals surface area contributed by atoms with Crippen molar-refractivity contribution in [3.8, 4) is 0 Å². The number of carboxylic acid groups (broad SMARTS) is 1. The number of hydrogen-bond acceptors (Lipinski definition) is 1. The van der Waals surface area contributed by atoms with Gasteiger partial charge in [-0.15, -0.1) is 0 Å². The normalized spacial score (nSPS) is 16.8. The van der Waals surface area contributed by atoms with Gasteiger partial charge in [0.2, 0.25) is 0 Å². The third-order valence-corrected chi connectivity index (χ3v) is 4.81. The topological polar surface area (TPSA) is 37.3 Å². The van der Waals surface area contributed by atoms with E-state index in [1.807, 2.05) is 0 Å². The van der Waals surface area contributed by atoms with Crippen LogP contribution in [0.5, 0.6) is 0 Å². The molecule has 0 aliphatic heterocycles. The highest BCUT2D eigenvalue weighted by Gasteiger charge is 2.99. The molecule has 0 rings (SSSR count). The Hall–Kier alpha value is -1.92. The van der Waals surface area contributed by atoms with Gasteiger partial charge in [0.1, 0.15) is 0 Å². The molecule has 0 aromatic carbocycles. The van der Waals surface area contributed by atoms with Crippen molar-refractivity contribution in [3.63, 3.8) is 0 Å². The zero-order valence-corrected chi connectivity index (χ0v) is 17.6. The van der Waals surface area contributed by atoms with E-state index in [-0.39, 0.29) is 0 Å². The summed E-state index contributed by atoms with van der Waals surface area (Å²) in [4.78, 5) is 9.89. The van der Waals surface area contributed by atoms with Crippen molar-refractivity contribution in [1.82, 2.24) is 0 Å². The summed E-state index contributed by atoms with van der Waals surface area (Å²) in [5.41, 5.74) is 0. The Bertz CT molecular complexity index is 976. The summed E-state index contributed by atoms with van der Waals surface area (Å²) < 4.78 is 316. The molecular weight excluding hydrogens is 680 g/mol. The molecule has 240 valence electrons. The molecule has 0 aromatic rings. The lowest BCUT2D eigenvalue weighted by molar-refractivity contribution is -0.476. The van der Waals surface area contributed by atoms with E-state index in [2.05, 4.69) is 11.6 Å². The van der Waals surface area contributed by atoms with Crippen LogP contribution in [0.4, 0.5) is 105 Å². The number of alkyl halides is 25. The molecule has 0 aliphatic carbocycles. The number of carbonyl (C=O) groups is 1. The van der Waals surface area contributed by atoms with Crippen LogP contribution in [0.1, 0.15) is 0 Å². The molecule has 0 amide bonds. The summed E-state index contributed by atoms with van der Waals surface area (Å²) in [7, 11) is 0. The Balaban J connectivity index is 7.37. The minimum Gasteiger partial charge on any atom is -0.477 e. The largest absolute Gasteiger partial charge is 0.477 e. The quantitative estimate of drug-likeness (QED) is 0.168. The lowest BCUT2D eigenvalue weighted by atomic mass is 9.84. The molecule has 0 atom stereocenters. The van der Waals surface area contributed by atoms with Gasteiger partial charge in [-0.25, -0.2) is 4.79 Å². The van der Waals surface area contributed by atoms with Crippen LogP contribution in [-0.2, 0) is 4.79 Å². The van der Waals surface area contributed by atoms with Gasteiger partial charge in [0.05, 0.1) is 0 Å².